The van der Waals surface area contributed by atoms with Crippen LogP contribution in [0.4, 0.5) is 0 Å². The molecule has 1 fully saturated rings. The summed E-state index contributed by atoms with van der Waals surface area (Å²) in [5.41, 5.74) is 1.22. The van der Waals surface area contributed by atoms with E-state index in [9.17, 15) is 9.90 Å². The number of carbonyl (C=O) groups is 1. The van der Waals surface area contributed by atoms with E-state index in [1.165, 1.54) is 0 Å². The molecule has 29 heavy (non-hydrogen) atoms. The molecule has 156 valence electrons. The van der Waals surface area contributed by atoms with Gasteiger partial charge in [0.05, 0.1) is 6.61 Å². The summed E-state index contributed by atoms with van der Waals surface area (Å²) in [7, 11) is 0. The number of ether oxygens (including phenoxy) is 2. The number of carbonyl (C=O) groups excluding carboxylic acids is 1. The van der Waals surface area contributed by atoms with Crippen molar-refractivity contribution in [1.29, 1.82) is 0 Å². The third-order valence-corrected chi connectivity index (χ3v) is 5.50. The fourth-order valence-electron chi connectivity index (χ4n) is 3.79. The topological polar surface area (TPSA) is 59.0 Å². The number of rotatable bonds is 9. The van der Waals surface area contributed by atoms with Gasteiger partial charge in [-0.3, -0.25) is 4.90 Å². The highest BCUT2D eigenvalue weighted by Crippen LogP contribution is 2.36. The minimum atomic E-state index is -1.36. The van der Waals surface area contributed by atoms with E-state index in [4.69, 9.17) is 9.47 Å². The van der Waals surface area contributed by atoms with E-state index >= 15 is 0 Å². The third-order valence-electron chi connectivity index (χ3n) is 5.50. The minimum absolute atomic E-state index is 0.00189. The molecule has 2 atom stereocenters. The molecule has 0 saturated carbocycles. The number of aliphatic hydroxyl groups excluding tert-OH is 1. The van der Waals surface area contributed by atoms with Crippen LogP contribution in [0.5, 0.6) is 0 Å². The van der Waals surface area contributed by atoms with Crippen LogP contribution in [-0.2, 0) is 19.9 Å². The molecular formula is C24H31NO4. The molecule has 0 spiro atoms. The molecule has 0 bridgehead atoms. The second kappa shape index (κ2) is 10.0. The van der Waals surface area contributed by atoms with Crippen LogP contribution >= 0.6 is 0 Å². The molecular weight excluding hydrogens is 366 g/mol. The normalized spacial score (nSPS) is 19.1. The van der Waals surface area contributed by atoms with Crippen LogP contribution in [0.15, 0.2) is 54.6 Å². The summed E-state index contributed by atoms with van der Waals surface area (Å²) in [5.74, 6) is -0.395. The molecule has 2 unspecified atom stereocenters. The van der Waals surface area contributed by atoms with E-state index in [1.54, 1.807) is 0 Å². The SMILES string of the molecule is CCN1CCC(OC(=O)C(OCCCO)(c2ccccc2)c2ccc(C)cc2)C1. The summed E-state index contributed by atoms with van der Waals surface area (Å²) in [6.45, 7) is 7.00. The van der Waals surface area contributed by atoms with Crippen molar-refractivity contribution >= 4 is 5.97 Å². The molecule has 0 aromatic heterocycles. The summed E-state index contributed by atoms with van der Waals surface area (Å²) < 4.78 is 12.3. The molecule has 5 nitrogen and oxygen atoms in total. The van der Waals surface area contributed by atoms with Crippen molar-refractivity contribution in [2.45, 2.75) is 38.4 Å². The molecule has 1 aliphatic rings. The third kappa shape index (κ3) is 4.86. The zero-order valence-electron chi connectivity index (χ0n) is 17.3. The van der Waals surface area contributed by atoms with E-state index in [0.29, 0.717) is 6.42 Å². The maximum atomic E-state index is 13.7. The Labute approximate surface area is 173 Å². The van der Waals surface area contributed by atoms with Gasteiger partial charge in [-0.2, -0.15) is 0 Å². The van der Waals surface area contributed by atoms with Gasteiger partial charge in [0.15, 0.2) is 0 Å². The van der Waals surface area contributed by atoms with Crippen LogP contribution in [0, 0.1) is 6.92 Å². The van der Waals surface area contributed by atoms with Gasteiger partial charge in [0.2, 0.25) is 5.60 Å². The molecule has 5 heteroatoms. The van der Waals surface area contributed by atoms with Crippen molar-refractivity contribution in [3.8, 4) is 0 Å². The summed E-state index contributed by atoms with van der Waals surface area (Å²) in [5, 5.41) is 9.26. The number of hydrogen-bond donors (Lipinski definition) is 1. The van der Waals surface area contributed by atoms with Gasteiger partial charge in [-0.15, -0.1) is 0 Å². The van der Waals surface area contributed by atoms with E-state index < -0.39 is 11.6 Å². The van der Waals surface area contributed by atoms with Crippen LogP contribution in [0.2, 0.25) is 0 Å². The average Bonchev–Trinajstić information content (AvgIpc) is 3.20. The second-order valence-corrected chi connectivity index (χ2v) is 7.55. The average molecular weight is 398 g/mol. The Kier molecular flexibility index (Phi) is 7.42. The van der Waals surface area contributed by atoms with Gasteiger partial charge in [-0.05, 0) is 37.4 Å². The van der Waals surface area contributed by atoms with E-state index in [0.717, 1.165) is 42.7 Å². The molecule has 1 aliphatic heterocycles. The van der Waals surface area contributed by atoms with Gasteiger partial charge in [0.1, 0.15) is 6.10 Å². The fourth-order valence-corrected chi connectivity index (χ4v) is 3.79. The van der Waals surface area contributed by atoms with Gasteiger partial charge < -0.3 is 14.6 Å². The van der Waals surface area contributed by atoms with E-state index in [-0.39, 0.29) is 19.3 Å². The largest absolute Gasteiger partial charge is 0.458 e. The number of esters is 1. The molecule has 1 heterocycles. The first-order valence-corrected chi connectivity index (χ1v) is 10.4. The Morgan fingerprint density at radius 2 is 1.83 bits per heavy atom. The van der Waals surface area contributed by atoms with Gasteiger partial charge in [-0.25, -0.2) is 4.79 Å². The van der Waals surface area contributed by atoms with Gasteiger partial charge >= 0.3 is 5.97 Å². The smallest absolute Gasteiger partial charge is 0.348 e. The summed E-state index contributed by atoms with van der Waals surface area (Å²) in [6.07, 6.45) is 1.13. The predicted molar refractivity (Wildman–Crippen MR) is 113 cm³/mol. The zero-order chi connectivity index (χ0) is 20.7. The maximum Gasteiger partial charge on any atom is 0.348 e. The van der Waals surface area contributed by atoms with Crippen molar-refractivity contribution in [2.75, 3.05) is 32.8 Å². The number of hydrogen-bond acceptors (Lipinski definition) is 5. The Morgan fingerprint density at radius 1 is 1.14 bits per heavy atom. The Bertz CT molecular complexity index is 777. The summed E-state index contributed by atoms with van der Waals surface area (Å²) >= 11 is 0. The number of aliphatic hydroxyl groups is 1. The monoisotopic (exact) mass is 397 g/mol. The molecule has 1 saturated heterocycles. The van der Waals surface area contributed by atoms with Crippen LogP contribution in [-0.4, -0.2) is 54.9 Å². The van der Waals surface area contributed by atoms with Crippen molar-refractivity contribution in [2.24, 2.45) is 0 Å². The predicted octanol–water partition coefficient (Wildman–Crippen LogP) is 3.28. The maximum absolute atomic E-state index is 13.7. The second-order valence-electron chi connectivity index (χ2n) is 7.55. The lowest BCUT2D eigenvalue weighted by atomic mass is 9.85. The quantitative estimate of drug-likeness (QED) is 0.520. The highest BCUT2D eigenvalue weighted by molar-refractivity contribution is 5.86. The van der Waals surface area contributed by atoms with Crippen LogP contribution in [0.1, 0.15) is 36.5 Å². The van der Waals surface area contributed by atoms with Gasteiger partial charge in [0, 0.05) is 19.7 Å². The molecule has 1 N–H and O–H groups in total. The van der Waals surface area contributed by atoms with Crippen molar-refractivity contribution < 1.29 is 19.4 Å². The van der Waals surface area contributed by atoms with Crippen molar-refractivity contribution in [3.05, 3.63) is 71.3 Å². The van der Waals surface area contributed by atoms with Crippen LogP contribution < -0.4 is 0 Å². The van der Waals surface area contributed by atoms with Crippen molar-refractivity contribution in [1.82, 2.24) is 4.90 Å². The summed E-state index contributed by atoms with van der Waals surface area (Å²) in [6, 6.07) is 17.3. The Balaban J connectivity index is 2.00. The molecule has 2 aromatic carbocycles. The van der Waals surface area contributed by atoms with Crippen LogP contribution in [0.3, 0.4) is 0 Å². The first kappa shape index (κ1) is 21.5. The number of likely N-dealkylation sites (N-methyl/N-ethyl adjacent to an activating group) is 1. The lowest BCUT2D eigenvalue weighted by molar-refractivity contribution is -0.174. The summed E-state index contributed by atoms with van der Waals surface area (Å²) in [4.78, 5) is 15.9. The van der Waals surface area contributed by atoms with E-state index in [1.807, 2.05) is 61.5 Å². The van der Waals surface area contributed by atoms with Gasteiger partial charge in [-0.1, -0.05) is 67.1 Å². The molecule has 0 aliphatic carbocycles. The lowest BCUT2D eigenvalue weighted by Gasteiger charge is -2.34. The molecule has 3 rings (SSSR count). The number of nitrogens with zero attached hydrogens (tertiary/aromatic N) is 1. The van der Waals surface area contributed by atoms with E-state index in [2.05, 4.69) is 11.8 Å². The Hall–Kier alpha value is -2.21. The van der Waals surface area contributed by atoms with Crippen LogP contribution in [0.25, 0.3) is 0 Å². The van der Waals surface area contributed by atoms with Gasteiger partial charge in [0.25, 0.3) is 0 Å². The Morgan fingerprint density at radius 3 is 2.45 bits per heavy atom. The highest BCUT2D eigenvalue weighted by atomic mass is 16.6. The first-order chi connectivity index (χ1) is 14.1. The zero-order valence-corrected chi connectivity index (χ0v) is 17.3. The standard InChI is InChI=1S/C24H31NO4/c1-3-25-15-14-22(18-25)29-23(27)24(28-17-7-16-26,20-8-5-4-6-9-20)21-12-10-19(2)11-13-21/h4-6,8-13,22,26H,3,7,14-18H2,1-2H3. The minimum Gasteiger partial charge on any atom is -0.458 e. The number of likely N-dealkylation sites (tertiary alicyclic amines) is 1. The molecule has 0 radical (unpaired) electrons. The number of aryl methyl sites for hydroxylation is 1. The highest BCUT2D eigenvalue weighted by Gasteiger charge is 2.46. The lowest BCUT2D eigenvalue weighted by Crippen LogP contribution is -2.43. The van der Waals surface area contributed by atoms with Crippen molar-refractivity contribution in [3.63, 3.8) is 0 Å². The first-order valence-electron chi connectivity index (χ1n) is 10.4. The number of benzene rings is 2. The molecule has 0 amide bonds. The fraction of sp³-hybridized carbons (Fsp3) is 0.458. The molecule has 2 aromatic rings.